The molecule has 84 valence electrons. The maximum absolute atomic E-state index is 5.59. The monoisotopic (exact) mass is 235 g/mol. The molecule has 0 unspecified atom stereocenters. The van der Waals surface area contributed by atoms with Crippen LogP contribution >= 0.6 is 11.5 Å². The van der Waals surface area contributed by atoms with Crippen molar-refractivity contribution in [3.63, 3.8) is 0 Å². The van der Waals surface area contributed by atoms with Gasteiger partial charge >= 0.3 is 0 Å². The molecule has 1 heterocycles. The van der Waals surface area contributed by atoms with Crippen molar-refractivity contribution in [3.05, 3.63) is 35.7 Å². The number of benzene rings is 1. The van der Waals surface area contributed by atoms with Crippen molar-refractivity contribution in [3.8, 4) is 5.19 Å². The van der Waals surface area contributed by atoms with E-state index in [0.717, 1.165) is 23.5 Å². The summed E-state index contributed by atoms with van der Waals surface area (Å²) in [6.07, 6.45) is 0.835. The number of nitrogens with zero attached hydrogens (tertiary/aromatic N) is 2. The lowest BCUT2D eigenvalue weighted by molar-refractivity contribution is 0.304. The third-order valence-corrected chi connectivity index (χ3v) is 2.78. The molecule has 2 N–H and O–H groups in total. The SMILES string of the molecule is CCc1nsc(OCc2ccc(N)cc2)n1. The summed E-state index contributed by atoms with van der Waals surface area (Å²) in [5.74, 6) is 0.831. The number of ether oxygens (including phenoxy) is 1. The van der Waals surface area contributed by atoms with Crippen LogP contribution in [-0.4, -0.2) is 9.36 Å². The second kappa shape index (κ2) is 4.94. The Morgan fingerprint density at radius 3 is 2.69 bits per heavy atom. The lowest BCUT2D eigenvalue weighted by atomic mass is 10.2. The number of aromatic nitrogens is 2. The number of hydrogen-bond donors (Lipinski definition) is 1. The Morgan fingerprint density at radius 2 is 2.06 bits per heavy atom. The van der Waals surface area contributed by atoms with E-state index >= 15 is 0 Å². The normalized spacial score (nSPS) is 10.3. The van der Waals surface area contributed by atoms with Crippen LogP contribution in [0.4, 0.5) is 5.69 Å². The number of rotatable bonds is 4. The van der Waals surface area contributed by atoms with Crippen LogP contribution in [0.3, 0.4) is 0 Å². The zero-order chi connectivity index (χ0) is 11.4. The van der Waals surface area contributed by atoms with Crippen molar-refractivity contribution >= 4 is 17.2 Å². The minimum Gasteiger partial charge on any atom is -0.464 e. The van der Waals surface area contributed by atoms with Crippen molar-refractivity contribution in [1.82, 2.24) is 9.36 Å². The highest BCUT2D eigenvalue weighted by molar-refractivity contribution is 7.07. The van der Waals surface area contributed by atoms with Crippen LogP contribution in [0.1, 0.15) is 18.3 Å². The molecule has 0 aliphatic carbocycles. The van der Waals surface area contributed by atoms with E-state index in [1.165, 1.54) is 11.5 Å². The Kier molecular flexibility index (Phi) is 3.36. The molecule has 0 aliphatic heterocycles. The molecule has 1 aromatic carbocycles. The number of nitrogen functional groups attached to an aromatic ring is 1. The van der Waals surface area contributed by atoms with E-state index in [9.17, 15) is 0 Å². The summed E-state index contributed by atoms with van der Waals surface area (Å²) in [7, 11) is 0. The molecular weight excluding hydrogens is 222 g/mol. The summed E-state index contributed by atoms with van der Waals surface area (Å²) < 4.78 is 9.67. The molecule has 0 aliphatic rings. The highest BCUT2D eigenvalue weighted by atomic mass is 32.1. The van der Waals surface area contributed by atoms with Gasteiger partial charge in [0.15, 0.2) is 0 Å². The van der Waals surface area contributed by atoms with Crippen molar-refractivity contribution in [1.29, 1.82) is 0 Å². The number of aryl methyl sites for hydroxylation is 1. The van der Waals surface area contributed by atoms with Gasteiger partial charge in [0.05, 0.1) is 0 Å². The maximum atomic E-state index is 5.59. The molecule has 2 rings (SSSR count). The molecule has 0 saturated heterocycles. The summed E-state index contributed by atoms with van der Waals surface area (Å²) in [5.41, 5.74) is 7.42. The van der Waals surface area contributed by atoms with E-state index in [-0.39, 0.29) is 0 Å². The fraction of sp³-hybridized carbons (Fsp3) is 0.273. The summed E-state index contributed by atoms with van der Waals surface area (Å²) in [5, 5.41) is 0.619. The molecule has 16 heavy (non-hydrogen) atoms. The minimum atomic E-state index is 0.499. The van der Waals surface area contributed by atoms with Crippen molar-refractivity contribution in [2.45, 2.75) is 20.0 Å². The van der Waals surface area contributed by atoms with E-state index in [4.69, 9.17) is 10.5 Å². The molecule has 4 nitrogen and oxygen atoms in total. The Labute approximate surface area is 98.3 Å². The molecule has 0 bridgehead atoms. The second-order valence-electron chi connectivity index (χ2n) is 3.36. The van der Waals surface area contributed by atoms with Crippen LogP contribution in [0.25, 0.3) is 0 Å². The van der Waals surface area contributed by atoms with Gasteiger partial charge in [-0.05, 0) is 17.7 Å². The lowest BCUT2D eigenvalue weighted by Crippen LogP contribution is -1.95. The molecule has 0 spiro atoms. The molecule has 0 saturated carbocycles. The summed E-state index contributed by atoms with van der Waals surface area (Å²) in [4.78, 5) is 4.22. The number of hydrogen-bond acceptors (Lipinski definition) is 5. The maximum Gasteiger partial charge on any atom is 0.293 e. The highest BCUT2D eigenvalue weighted by Crippen LogP contribution is 2.16. The first kappa shape index (κ1) is 10.9. The first-order chi connectivity index (χ1) is 7.78. The lowest BCUT2D eigenvalue weighted by Gasteiger charge is -2.02. The molecule has 2 aromatic rings. The fourth-order valence-electron chi connectivity index (χ4n) is 1.20. The van der Waals surface area contributed by atoms with E-state index in [1.807, 2.05) is 31.2 Å². The first-order valence-electron chi connectivity index (χ1n) is 5.07. The third kappa shape index (κ3) is 2.70. The average Bonchev–Trinajstić information content (AvgIpc) is 2.76. The first-order valence-corrected chi connectivity index (χ1v) is 5.85. The summed E-state index contributed by atoms with van der Waals surface area (Å²) in [6.45, 7) is 2.52. The van der Waals surface area contributed by atoms with Crippen LogP contribution in [0.5, 0.6) is 5.19 Å². The van der Waals surface area contributed by atoms with Gasteiger partial charge in [-0.15, -0.1) is 0 Å². The second-order valence-corrected chi connectivity index (χ2v) is 4.07. The molecule has 0 amide bonds. The molecule has 0 atom stereocenters. The van der Waals surface area contributed by atoms with Gasteiger partial charge < -0.3 is 10.5 Å². The highest BCUT2D eigenvalue weighted by Gasteiger charge is 2.03. The van der Waals surface area contributed by atoms with Crippen molar-refractivity contribution < 1.29 is 4.74 Å². The molecule has 1 aromatic heterocycles. The van der Waals surface area contributed by atoms with Gasteiger partial charge in [-0.3, -0.25) is 0 Å². The van der Waals surface area contributed by atoms with Crippen molar-refractivity contribution in [2.24, 2.45) is 0 Å². The van der Waals surface area contributed by atoms with Crippen LogP contribution in [0, 0.1) is 0 Å². The summed E-state index contributed by atoms with van der Waals surface area (Å²) >= 11 is 1.29. The molecule has 0 fully saturated rings. The van der Waals surface area contributed by atoms with Crippen LogP contribution in [0.2, 0.25) is 0 Å². The predicted molar refractivity (Wildman–Crippen MR) is 64.5 cm³/mol. The van der Waals surface area contributed by atoms with E-state index < -0.39 is 0 Å². The van der Waals surface area contributed by atoms with Crippen LogP contribution in [0.15, 0.2) is 24.3 Å². The molecule has 0 radical (unpaired) electrons. The van der Waals surface area contributed by atoms with Crippen LogP contribution < -0.4 is 10.5 Å². The smallest absolute Gasteiger partial charge is 0.293 e. The number of anilines is 1. The molecular formula is C11H13N3OS. The van der Waals surface area contributed by atoms with Gasteiger partial charge in [0.25, 0.3) is 5.19 Å². The van der Waals surface area contributed by atoms with Gasteiger partial charge in [-0.1, -0.05) is 19.1 Å². The Morgan fingerprint density at radius 1 is 1.31 bits per heavy atom. The minimum absolute atomic E-state index is 0.499. The quantitative estimate of drug-likeness (QED) is 0.826. The standard InChI is InChI=1S/C11H13N3OS/c1-2-10-13-11(16-14-10)15-7-8-3-5-9(12)6-4-8/h3-6H,2,7,12H2,1H3. The third-order valence-electron chi connectivity index (χ3n) is 2.11. The Bertz CT molecular complexity index is 453. The van der Waals surface area contributed by atoms with Gasteiger partial charge in [0, 0.05) is 23.6 Å². The van der Waals surface area contributed by atoms with E-state index in [0.29, 0.717) is 11.8 Å². The molecule has 5 heteroatoms. The van der Waals surface area contributed by atoms with Crippen LogP contribution in [-0.2, 0) is 13.0 Å². The average molecular weight is 235 g/mol. The zero-order valence-electron chi connectivity index (χ0n) is 9.01. The Balaban J connectivity index is 1.94. The van der Waals surface area contributed by atoms with Gasteiger partial charge in [0.1, 0.15) is 12.4 Å². The topological polar surface area (TPSA) is 61.0 Å². The summed E-state index contributed by atoms with van der Waals surface area (Å²) in [6, 6.07) is 7.60. The van der Waals surface area contributed by atoms with E-state index in [2.05, 4.69) is 9.36 Å². The largest absolute Gasteiger partial charge is 0.464 e. The van der Waals surface area contributed by atoms with Gasteiger partial charge in [-0.2, -0.15) is 9.36 Å². The van der Waals surface area contributed by atoms with Gasteiger partial charge in [-0.25, -0.2) is 0 Å². The number of nitrogens with two attached hydrogens (primary N) is 1. The Hall–Kier alpha value is -1.62. The zero-order valence-corrected chi connectivity index (χ0v) is 9.83. The van der Waals surface area contributed by atoms with Crippen molar-refractivity contribution in [2.75, 3.05) is 5.73 Å². The van der Waals surface area contributed by atoms with Gasteiger partial charge in [0.2, 0.25) is 0 Å². The predicted octanol–water partition coefficient (Wildman–Crippen LogP) is 2.26. The van der Waals surface area contributed by atoms with E-state index in [1.54, 1.807) is 0 Å². The fourth-order valence-corrected chi connectivity index (χ4v) is 1.81.